The van der Waals surface area contributed by atoms with Crippen molar-refractivity contribution >= 4 is 23.4 Å². The summed E-state index contributed by atoms with van der Waals surface area (Å²) in [7, 11) is 0. The predicted octanol–water partition coefficient (Wildman–Crippen LogP) is 3.67. The maximum absolute atomic E-state index is 13.0. The van der Waals surface area contributed by atoms with Crippen molar-refractivity contribution in [2.75, 3.05) is 6.54 Å². The number of halogens is 1. The fourth-order valence-corrected chi connectivity index (χ4v) is 4.40. The molecule has 0 heterocycles. The Morgan fingerprint density at radius 3 is 2.50 bits per heavy atom. The van der Waals surface area contributed by atoms with Crippen LogP contribution >= 0.6 is 11.6 Å². The molecule has 0 bridgehead atoms. The second-order valence-corrected chi connectivity index (χ2v) is 8.96. The van der Waals surface area contributed by atoms with Crippen LogP contribution in [-0.4, -0.2) is 24.4 Å². The minimum absolute atomic E-state index is 0.0137. The third-order valence-electron chi connectivity index (χ3n) is 5.85. The van der Waals surface area contributed by atoms with Gasteiger partial charge in [0.15, 0.2) is 0 Å². The molecule has 6 heteroatoms. The van der Waals surface area contributed by atoms with Gasteiger partial charge in [-0.3, -0.25) is 9.59 Å². The Balaban J connectivity index is 2.12. The Morgan fingerprint density at radius 2 is 1.89 bits per heavy atom. The average Bonchev–Trinajstić information content (AvgIpc) is 2.64. The molecule has 156 valence electrons. The Hall–Kier alpha value is -1.59. The summed E-state index contributed by atoms with van der Waals surface area (Å²) in [6, 6.07) is 6.29. The molecule has 5 atom stereocenters. The molecule has 0 radical (unpaired) electrons. The number of hydrogen-bond donors (Lipinski definition) is 3. The fourth-order valence-electron chi connectivity index (χ4n) is 4.14. The first kappa shape index (κ1) is 22.7. The van der Waals surface area contributed by atoms with Crippen LogP contribution < -0.4 is 16.4 Å². The minimum Gasteiger partial charge on any atom is -0.353 e. The molecule has 1 saturated carbocycles. The quantitative estimate of drug-likeness (QED) is 0.644. The molecule has 0 saturated heterocycles. The van der Waals surface area contributed by atoms with E-state index in [1.165, 1.54) is 6.42 Å². The number of benzene rings is 1. The van der Waals surface area contributed by atoms with E-state index in [-0.39, 0.29) is 24.3 Å². The third kappa shape index (κ3) is 5.95. The number of rotatable bonds is 7. The molecule has 1 fully saturated rings. The molecule has 4 N–H and O–H groups in total. The van der Waals surface area contributed by atoms with Crippen LogP contribution in [0.2, 0.25) is 5.02 Å². The van der Waals surface area contributed by atoms with Gasteiger partial charge in [0.25, 0.3) is 0 Å². The van der Waals surface area contributed by atoms with E-state index in [0.717, 1.165) is 18.4 Å². The number of nitrogens with two attached hydrogens (primary N) is 1. The van der Waals surface area contributed by atoms with Crippen LogP contribution in [0.4, 0.5) is 0 Å². The average molecular weight is 408 g/mol. The highest BCUT2D eigenvalue weighted by Gasteiger charge is 2.35. The van der Waals surface area contributed by atoms with E-state index in [9.17, 15) is 9.59 Å². The molecule has 0 aliphatic heterocycles. The number of nitrogens with one attached hydrogen (secondary N) is 2. The lowest BCUT2D eigenvalue weighted by Crippen LogP contribution is -2.46. The van der Waals surface area contributed by atoms with Crippen molar-refractivity contribution in [2.24, 2.45) is 29.4 Å². The summed E-state index contributed by atoms with van der Waals surface area (Å²) < 4.78 is 0. The Labute approximate surface area is 173 Å². The second kappa shape index (κ2) is 10.3. The Kier molecular flexibility index (Phi) is 8.32. The van der Waals surface area contributed by atoms with E-state index in [1.807, 2.05) is 18.2 Å². The molecule has 28 heavy (non-hydrogen) atoms. The second-order valence-electron chi connectivity index (χ2n) is 8.55. The first-order valence-corrected chi connectivity index (χ1v) is 10.7. The van der Waals surface area contributed by atoms with Gasteiger partial charge in [-0.2, -0.15) is 0 Å². The van der Waals surface area contributed by atoms with E-state index in [0.29, 0.717) is 22.8 Å². The summed E-state index contributed by atoms with van der Waals surface area (Å²) in [5, 5.41) is 6.54. The van der Waals surface area contributed by atoms with Gasteiger partial charge >= 0.3 is 0 Å². The smallest absolute Gasteiger partial charge is 0.237 e. The SMILES string of the molecule is CC(N)C(=O)NC(CNC(=O)[C@@H]1C[C@H](C)CC[C@H]1C(C)C)c1ccccc1Cl. The maximum Gasteiger partial charge on any atom is 0.237 e. The molecule has 0 spiro atoms. The van der Waals surface area contributed by atoms with Crippen LogP contribution in [-0.2, 0) is 9.59 Å². The van der Waals surface area contributed by atoms with E-state index in [4.69, 9.17) is 17.3 Å². The summed E-state index contributed by atoms with van der Waals surface area (Å²) in [6.07, 6.45) is 3.18. The lowest BCUT2D eigenvalue weighted by Gasteiger charge is -2.36. The van der Waals surface area contributed by atoms with Crippen LogP contribution in [0.3, 0.4) is 0 Å². The van der Waals surface area contributed by atoms with Crippen molar-refractivity contribution in [3.63, 3.8) is 0 Å². The summed E-state index contributed by atoms with van der Waals surface area (Å²) >= 11 is 6.33. The molecule has 5 nitrogen and oxygen atoms in total. The van der Waals surface area contributed by atoms with Gasteiger partial charge in [0.05, 0.1) is 12.1 Å². The maximum atomic E-state index is 13.0. The summed E-state index contributed by atoms with van der Waals surface area (Å²) in [6.45, 7) is 8.52. The van der Waals surface area contributed by atoms with Gasteiger partial charge in [-0.05, 0) is 49.1 Å². The fraction of sp³-hybridized carbons (Fsp3) is 0.636. The van der Waals surface area contributed by atoms with Gasteiger partial charge in [0.2, 0.25) is 11.8 Å². The number of carbonyl (C=O) groups excluding carboxylic acids is 2. The van der Waals surface area contributed by atoms with Gasteiger partial charge in [0.1, 0.15) is 0 Å². The number of amides is 2. The van der Waals surface area contributed by atoms with Crippen molar-refractivity contribution in [3.05, 3.63) is 34.9 Å². The first-order chi connectivity index (χ1) is 13.2. The Bertz CT molecular complexity index is 678. The van der Waals surface area contributed by atoms with Gasteiger partial charge in [0, 0.05) is 17.5 Å². The van der Waals surface area contributed by atoms with Crippen LogP contribution in [0.15, 0.2) is 24.3 Å². The molecular weight excluding hydrogens is 374 g/mol. The molecule has 1 aromatic rings. The summed E-state index contributed by atoms with van der Waals surface area (Å²) in [5.41, 5.74) is 6.48. The van der Waals surface area contributed by atoms with Crippen LogP contribution in [0.5, 0.6) is 0 Å². The highest BCUT2D eigenvalue weighted by atomic mass is 35.5. The summed E-state index contributed by atoms with van der Waals surface area (Å²) in [5.74, 6) is 1.24. The van der Waals surface area contributed by atoms with E-state index >= 15 is 0 Å². The van der Waals surface area contributed by atoms with Gasteiger partial charge in [-0.25, -0.2) is 0 Å². The third-order valence-corrected chi connectivity index (χ3v) is 6.19. The summed E-state index contributed by atoms with van der Waals surface area (Å²) in [4.78, 5) is 25.2. The predicted molar refractivity (Wildman–Crippen MR) is 114 cm³/mol. The topological polar surface area (TPSA) is 84.2 Å². The van der Waals surface area contributed by atoms with Gasteiger partial charge in [-0.1, -0.05) is 57.0 Å². The zero-order valence-corrected chi connectivity index (χ0v) is 18.1. The molecule has 0 aromatic heterocycles. The molecule has 1 aromatic carbocycles. The van der Waals surface area contributed by atoms with Crippen LogP contribution in [0.1, 0.15) is 58.6 Å². The Morgan fingerprint density at radius 1 is 1.21 bits per heavy atom. The number of hydrogen-bond acceptors (Lipinski definition) is 3. The molecule has 1 aliphatic rings. The lowest BCUT2D eigenvalue weighted by molar-refractivity contribution is -0.130. The molecule has 1 aliphatic carbocycles. The first-order valence-electron chi connectivity index (χ1n) is 10.3. The van der Waals surface area contributed by atoms with E-state index in [1.54, 1.807) is 13.0 Å². The molecule has 2 amide bonds. The zero-order chi connectivity index (χ0) is 20.8. The van der Waals surface area contributed by atoms with Gasteiger partial charge < -0.3 is 16.4 Å². The van der Waals surface area contributed by atoms with Crippen LogP contribution in [0.25, 0.3) is 0 Å². The molecule has 2 unspecified atom stereocenters. The highest BCUT2D eigenvalue weighted by Crippen LogP contribution is 2.38. The zero-order valence-electron chi connectivity index (χ0n) is 17.4. The normalized spacial score (nSPS) is 24.5. The highest BCUT2D eigenvalue weighted by molar-refractivity contribution is 6.31. The standard InChI is InChI=1S/C22H34ClN3O2/c1-13(2)16-10-9-14(3)11-18(16)22(28)25-12-20(26-21(27)15(4)24)17-7-5-6-8-19(17)23/h5-8,13-16,18,20H,9-12,24H2,1-4H3,(H,25,28)(H,26,27)/t14-,15?,16+,18-,20?/m1/s1. The van der Waals surface area contributed by atoms with Crippen molar-refractivity contribution < 1.29 is 9.59 Å². The monoisotopic (exact) mass is 407 g/mol. The minimum atomic E-state index is -0.634. The molecule has 2 rings (SSSR count). The van der Waals surface area contributed by atoms with Crippen molar-refractivity contribution in [3.8, 4) is 0 Å². The van der Waals surface area contributed by atoms with Crippen molar-refractivity contribution in [2.45, 2.75) is 59.0 Å². The van der Waals surface area contributed by atoms with Crippen molar-refractivity contribution in [1.29, 1.82) is 0 Å². The van der Waals surface area contributed by atoms with Gasteiger partial charge in [-0.15, -0.1) is 0 Å². The number of carbonyl (C=O) groups is 2. The largest absolute Gasteiger partial charge is 0.353 e. The van der Waals surface area contributed by atoms with E-state index < -0.39 is 12.1 Å². The molecular formula is C22H34ClN3O2. The lowest BCUT2D eigenvalue weighted by atomic mass is 9.70. The van der Waals surface area contributed by atoms with E-state index in [2.05, 4.69) is 31.4 Å². The van der Waals surface area contributed by atoms with Crippen LogP contribution in [0, 0.1) is 23.7 Å². The van der Waals surface area contributed by atoms with Crippen molar-refractivity contribution in [1.82, 2.24) is 10.6 Å².